The van der Waals surface area contributed by atoms with E-state index in [2.05, 4.69) is 19.1 Å². The average molecular weight is 480 g/mol. The number of aliphatic hydroxyl groups excluding tert-OH is 1. The van der Waals surface area contributed by atoms with Crippen molar-refractivity contribution in [3.63, 3.8) is 0 Å². The van der Waals surface area contributed by atoms with Crippen LogP contribution in [0.4, 0.5) is 0 Å². The van der Waals surface area contributed by atoms with Gasteiger partial charge in [-0.2, -0.15) is 0 Å². The highest BCUT2D eigenvalue weighted by Gasteiger charge is 2.19. The van der Waals surface area contributed by atoms with Gasteiger partial charge in [-0.15, -0.1) is 0 Å². The highest BCUT2D eigenvalue weighted by Crippen LogP contribution is 2.39. The Hall–Kier alpha value is -0.270. The Kier molecular flexibility index (Phi) is 20.0. The maximum Gasteiger partial charge on any atom is 0.268 e. The number of phosphoric ester groups is 1. The molecule has 0 saturated carbocycles. The van der Waals surface area contributed by atoms with Crippen molar-refractivity contribution in [2.75, 3.05) is 54.1 Å². The van der Waals surface area contributed by atoms with Crippen LogP contribution in [0.15, 0.2) is 12.2 Å². The zero-order valence-electron chi connectivity index (χ0n) is 21.1. The van der Waals surface area contributed by atoms with E-state index < -0.39 is 20.5 Å². The van der Waals surface area contributed by atoms with Crippen molar-refractivity contribution < 1.29 is 32.8 Å². The van der Waals surface area contributed by atoms with Gasteiger partial charge in [-0.1, -0.05) is 70.4 Å². The molecule has 0 aliphatic rings. The minimum atomic E-state index is -4.45. The fraction of sp³-hybridized carbons (Fsp3) is 0.917. The van der Waals surface area contributed by atoms with Crippen LogP contribution in [-0.2, 0) is 18.3 Å². The lowest BCUT2D eigenvalue weighted by atomic mass is 10.1. The number of ether oxygens (including phenoxy) is 1. The van der Waals surface area contributed by atoms with E-state index in [1.54, 1.807) is 0 Å². The Morgan fingerprint density at radius 2 is 1.47 bits per heavy atom. The van der Waals surface area contributed by atoms with E-state index in [0.717, 1.165) is 12.8 Å². The maximum atomic E-state index is 11.9. The van der Waals surface area contributed by atoms with E-state index in [1.165, 1.54) is 64.2 Å². The van der Waals surface area contributed by atoms with Crippen LogP contribution in [-0.4, -0.2) is 69.8 Å². The molecular formula is C24H50NO6P. The van der Waals surface area contributed by atoms with Gasteiger partial charge >= 0.3 is 0 Å². The number of aliphatic hydroxyl groups is 1. The second kappa shape index (κ2) is 20.1. The number of hydrogen-bond donors (Lipinski definition) is 1. The lowest BCUT2D eigenvalue weighted by Gasteiger charge is -2.29. The number of unbranched alkanes of at least 4 members (excludes halogenated alkanes) is 10. The number of phosphoric acid groups is 1. The first-order chi connectivity index (χ1) is 15.2. The van der Waals surface area contributed by atoms with Gasteiger partial charge in [0.15, 0.2) is 0 Å². The van der Waals surface area contributed by atoms with E-state index >= 15 is 0 Å². The first-order valence-corrected chi connectivity index (χ1v) is 13.9. The monoisotopic (exact) mass is 479 g/mol. The quantitative estimate of drug-likeness (QED) is 0.0977. The molecule has 192 valence electrons. The Morgan fingerprint density at radius 1 is 0.906 bits per heavy atom. The van der Waals surface area contributed by atoms with Crippen molar-refractivity contribution in [1.82, 2.24) is 0 Å². The third-order valence-corrected chi connectivity index (χ3v) is 6.15. The minimum absolute atomic E-state index is 0.0360. The van der Waals surface area contributed by atoms with Crippen LogP contribution in [0.3, 0.4) is 0 Å². The van der Waals surface area contributed by atoms with Crippen molar-refractivity contribution >= 4 is 7.82 Å². The van der Waals surface area contributed by atoms with Gasteiger partial charge in [0.2, 0.25) is 0 Å². The van der Waals surface area contributed by atoms with E-state index in [1.807, 2.05) is 21.1 Å². The van der Waals surface area contributed by atoms with Crippen molar-refractivity contribution in [2.45, 2.75) is 90.1 Å². The summed E-state index contributed by atoms with van der Waals surface area (Å²) in [4.78, 5) is 11.9. The second-order valence-corrected chi connectivity index (χ2v) is 10.9. The van der Waals surface area contributed by atoms with Crippen molar-refractivity contribution in [1.29, 1.82) is 0 Å². The maximum absolute atomic E-state index is 11.9. The smallest absolute Gasteiger partial charge is 0.268 e. The summed E-state index contributed by atoms with van der Waals surface area (Å²) in [6, 6.07) is 0. The predicted molar refractivity (Wildman–Crippen MR) is 129 cm³/mol. The third kappa shape index (κ3) is 22.9. The number of nitrogens with zero attached hydrogens (tertiary/aromatic N) is 1. The Bertz CT molecular complexity index is 495. The first-order valence-electron chi connectivity index (χ1n) is 12.5. The molecule has 0 bridgehead atoms. The van der Waals surface area contributed by atoms with Crippen LogP contribution >= 0.6 is 7.82 Å². The van der Waals surface area contributed by atoms with Gasteiger partial charge < -0.3 is 28.3 Å². The summed E-state index contributed by atoms with van der Waals surface area (Å²) < 4.78 is 27.7. The summed E-state index contributed by atoms with van der Waals surface area (Å²) in [6.45, 7) is 2.94. The fourth-order valence-electron chi connectivity index (χ4n) is 3.06. The summed E-state index contributed by atoms with van der Waals surface area (Å²) in [6.07, 6.45) is 18.4. The molecule has 0 aliphatic heterocycles. The molecule has 0 heterocycles. The van der Waals surface area contributed by atoms with Gasteiger partial charge in [-0.3, -0.25) is 4.57 Å². The molecule has 0 aliphatic carbocycles. The molecule has 0 rings (SSSR count). The number of rotatable bonds is 23. The molecule has 0 saturated heterocycles. The van der Waals surface area contributed by atoms with Crippen LogP contribution in [0.1, 0.15) is 84.0 Å². The van der Waals surface area contributed by atoms with Crippen molar-refractivity contribution in [3.05, 3.63) is 12.2 Å². The molecule has 0 amide bonds. The minimum Gasteiger partial charge on any atom is -0.756 e. The zero-order valence-corrected chi connectivity index (χ0v) is 22.0. The summed E-state index contributed by atoms with van der Waals surface area (Å²) >= 11 is 0. The average Bonchev–Trinajstić information content (AvgIpc) is 2.71. The van der Waals surface area contributed by atoms with Gasteiger partial charge in [-0.05, 0) is 25.7 Å². The molecule has 0 radical (unpaired) electrons. The number of likely N-dealkylation sites (N-methyl/N-ethyl adjacent to an activating group) is 1. The van der Waals surface area contributed by atoms with Gasteiger partial charge in [-0.25, -0.2) is 0 Å². The number of quaternary nitrogens is 1. The number of hydrogen-bond acceptors (Lipinski definition) is 6. The molecule has 0 spiro atoms. The van der Waals surface area contributed by atoms with E-state index in [4.69, 9.17) is 13.8 Å². The molecule has 0 fully saturated rings. The summed E-state index contributed by atoms with van der Waals surface area (Å²) in [5.41, 5.74) is 0. The van der Waals surface area contributed by atoms with E-state index in [-0.39, 0.29) is 13.2 Å². The predicted octanol–water partition coefficient (Wildman–Crippen LogP) is 4.83. The summed E-state index contributed by atoms with van der Waals surface area (Å²) in [5.74, 6) is 0. The van der Waals surface area contributed by atoms with Crippen LogP contribution < -0.4 is 4.89 Å². The van der Waals surface area contributed by atoms with Crippen molar-refractivity contribution in [2.24, 2.45) is 0 Å². The highest BCUT2D eigenvalue weighted by molar-refractivity contribution is 7.45. The SMILES string of the molecule is CCCC/C=C\CCCCCCCCCCOC[C@H](CO)OP(=O)([O-])OCC[N+](C)(C)C. The van der Waals surface area contributed by atoms with Crippen LogP contribution in [0.2, 0.25) is 0 Å². The second-order valence-electron chi connectivity index (χ2n) is 9.51. The van der Waals surface area contributed by atoms with Crippen LogP contribution in [0.5, 0.6) is 0 Å². The normalized spacial score (nSPS) is 15.3. The molecule has 0 aromatic rings. The van der Waals surface area contributed by atoms with Gasteiger partial charge in [0.05, 0.1) is 34.4 Å². The Labute approximate surface area is 197 Å². The summed E-state index contributed by atoms with van der Waals surface area (Å²) in [5, 5.41) is 9.34. The van der Waals surface area contributed by atoms with Gasteiger partial charge in [0.25, 0.3) is 7.82 Å². The molecule has 2 atom stereocenters. The highest BCUT2D eigenvalue weighted by atomic mass is 31.2. The topological polar surface area (TPSA) is 88.0 Å². The van der Waals surface area contributed by atoms with Crippen LogP contribution in [0, 0.1) is 0 Å². The fourth-order valence-corrected chi connectivity index (χ4v) is 3.91. The molecular weight excluding hydrogens is 429 g/mol. The number of allylic oxidation sites excluding steroid dienone is 2. The molecule has 1 N–H and O–H groups in total. The third-order valence-electron chi connectivity index (χ3n) is 5.10. The standard InChI is InChI=1S/C24H50NO6P/c1-5-6-7-8-9-10-11-12-13-14-15-16-17-18-20-29-23-24(22-26)31-32(27,28)30-21-19-25(2,3)4/h8-9,24,26H,5-7,10-23H2,1-4H3/b9-8-/t24-/m0/s1. The van der Waals surface area contributed by atoms with Gasteiger partial charge in [0, 0.05) is 6.61 Å². The van der Waals surface area contributed by atoms with E-state index in [0.29, 0.717) is 17.6 Å². The first kappa shape index (κ1) is 31.7. The molecule has 32 heavy (non-hydrogen) atoms. The Morgan fingerprint density at radius 3 is 2.03 bits per heavy atom. The molecule has 0 aromatic carbocycles. The Balaban J connectivity index is 3.59. The molecule has 1 unspecified atom stereocenters. The zero-order chi connectivity index (χ0) is 24.1. The lowest BCUT2D eigenvalue weighted by Crippen LogP contribution is -2.37. The van der Waals surface area contributed by atoms with Gasteiger partial charge in [0.1, 0.15) is 19.3 Å². The molecule has 0 aromatic heterocycles. The van der Waals surface area contributed by atoms with Crippen molar-refractivity contribution in [3.8, 4) is 0 Å². The van der Waals surface area contributed by atoms with Crippen LogP contribution in [0.25, 0.3) is 0 Å². The summed E-state index contributed by atoms with van der Waals surface area (Å²) in [7, 11) is 1.39. The molecule has 8 heteroatoms. The van der Waals surface area contributed by atoms with E-state index in [9.17, 15) is 14.6 Å². The molecule has 7 nitrogen and oxygen atoms in total. The largest absolute Gasteiger partial charge is 0.756 e. The lowest BCUT2D eigenvalue weighted by molar-refractivity contribution is -0.870.